The third-order valence-electron chi connectivity index (χ3n) is 12.0. The minimum atomic E-state index is 0.0308. The standard InChI is InChI=1S/C48H42BN6/c1-46(2,3)31-13-10-25-19-34-35(22-28(25)16-31)41-50-40(34)51-43-38-23-29-17-32(47(4,5)6)15-12-27(29)21-37(38)44-53-45-39-24-30-18-33(48(7,8)9)14-11-26(30)20-36(39)42(52-41)54(45)49-55(43)44/h10-24H,1-9H3/q+2. The highest BCUT2D eigenvalue weighted by molar-refractivity contribution is 6.41. The van der Waals surface area contributed by atoms with Crippen molar-refractivity contribution in [3.63, 3.8) is 0 Å². The number of nitrogens with zero attached hydrogens (tertiary/aromatic N) is 6. The van der Waals surface area contributed by atoms with E-state index in [1.165, 1.54) is 43.6 Å². The van der Waals surface area contributed by atoms with Crippen LogP contribution in [-0.2, 0) is 16.2 Å². The van der Waals surface area contributed by atoms with Crippen LogP contribution in [0.25, 0.3) is 32.3 Å². The number of fused-ring (bicyclic) bond motifs is 13. The van der Waals surface area contributed by atoms with Gasteiger partial charge in [0.2, 0.25) is 11.7 Å². The molecule has 0 unspecified atom stereocenters. The van der Waals surface area contributed by atoms with Gasteiger partial charge in [0.25, 0.3) is 23.3 Å². The molecule has 0 aliphatic carbocycles. The summed E-state index contributed by atoms with van der Waals surface area (Å²) in [6.07, 6.45) is 0. The van der Waals surface area contributed by atoms with Gasteiger partial charge in [-0.1, -0.05) is 132 Å². The quantitative estimate of drug-likeness (QED) is 0.141. The van der Waals surface area contributed by atoms with Crippen molar-refractivity contribution in [3.05, 3.63) is 141 Å². The van der Waals surface area contributed by atoms with Gasteiger partial charge in [0.1, 0.15) is 0 Å². The highest BCUT2D eigenvalue weighted by atomic mass is 15.3. The Bertz CT molecular complexity index is 3040. The van der Waals surface area contributed by atoms with Crippen molar-refractivity contribution >= 4 is 74.9 Å². The molecule has 0 atom stereocenters. The second-order valence-electron chi connectivity index (χ2n) is 18.9. The second-order valence-corrected chi connectivity index (χ2v) is 18.9. The summed E-state index contributed by atoms with van der Waals surface area (Å²) in [7, 11) is 2.15. The Hall–Kier alpha value is -5.82. The minimum absolute atomic E-state index is 0.0308. The molecule has 6 aromatic rings. The monoisotopic (exact) mass is 713 g/mol. The summed E-state index contributed by atoms with van der Waals surface area (Å²) < 4.78 is 4.31. The second kappa shape index (κ2) is 10.5. The van der Waals surface area contributed by atoms with Gasteiger partial charge in [0.05, 0.1) is 33.4 Å². The van der Waals surface area contributed by atoms with Crippen LogP contribution in [0.4, 0.5) is 0 Å². The third kappa shape index (κ3) is 4.74. The van der Waals surface area contributed by atoms with Gasteiger partial charge in [-0.2, -0.15) is 4.99 Å². The summed E-state index contributed by atoms with van der Waals surface area (Å²) in [6.45, 7) is 20.4. The highest BCUT2D eigenvalue weighted by Crippen LogP contribution is 2.37. The van der Waals surface area contributed by atoms with E-state index in [0.717, 1.165) is 62.1 Å². The Morgan fingerprint density at radius 2 is 0.727 bits per heavy atom. The molecule has 5 heterocycles. The summed E-state index contributed by atoms with van der Waals surface area (Å²) in [5.74, 6) is 4.73. The maximum atomic E-state index is 5.53. The fourth-order valence-electron chi connectivity index (χ4n) is 8.61. The van der Waals surface area contributed by atoms with Crippen molar-refractivity contribution < 1.29 is 8.97 Å². The lowest BCUT2D eigenvalue weighted by Crippen LogP contribution is -2.42. The molecule has 0 spiro atoms. The largest absolute Gasteiger partial charge is 0.607 e. The van der Waals surface area contributed by atoms with Gasteiger partial charge < -0.3 is 0 Å². The molecule has 0 N–H and O–H groups in total. The molecule has 4 bridgehead atoms. The first-order valence-electron chi connectivity index (χ1n) is 19.4. The average molecular weight is 714 g/mol. The molecule has 1 radical (unpaired) electrons. The molecule has 6 nitrogen and oxygen atoms in total. The summed E-state index contributed by atoms with van der Waals surface area (Å²) in [5.41, 5.74) is 10.2. The third-order valence-corrected chi connectivity index (χ3v) is 12.0. The summed E-state index contributed by atoms with van der Waals surface area (Å²) in [4.78, 5) is 21.7. The zero-order valence-electron chi connectivity index (χ0n) is 32.9. The average Bonchev–Trinajstić information content (AvgIpc) is 3.72. The molecular weight excluding hydrogens is 671 g/mol. The van der Waals surface area contributed by atoms with Crippen LogP contribution in [0.2, 0.25) is 0 Å². The smallest absolute Gasteiger partial charge is 0.248 e. The van der Waals surface area contributed by atoms with Gasteiger partial charge in [-0.25, -0.2) is 8.97 Å². The van der Waals surface area contributed by atoms with E-state index in [-0.39, 0.29) is 16.2 Å². The Balaban J connectivity index is 1.21. The zero-order valence-corrected chi connectivity index (χ0v) is 32.9. The Kier molecular flexibility index (Phi) is 6.21. The molecule has 0 saturated heterocycles. The molecule has 0 saturated carbocycles. The van der Waals surface area contributed by atoms with Crippen LogP contribution in [0.3, 0.4) is 0 Å². The molecule has 0 fully saturated rings. The van der Waals surface area contributed by atoms with E-state index in [1.807, 2.05) is 0 Å². The van der Waals surface area contributed by atoms with Gasteiger partial charge in [-0.3, -0.25) is 0 Å². The van der Waals surface area contributed by atoms with E-state index in [2.05, 4.69) is 170 Å². The molecule has 5 aliphatic heterocycles. The van der Waals surface area contributed by atoms with Crippen molar-refractivity contribution in [3.8, 4) is 0 Å². The van der Waals surface area contributed by atoms with Gasteiger partial charge >= 0.3 is 7.55 Å². The summed E-state index contributed by atoms with van der Waals surface area (Å²) in [5, 5.41) is 7.08. The molecular formula is C48H42BN6+2. The predicted octanol–water partition coefficient (Wildman–Crippen LogP) is 9.55. The summed E-state index contributed by atoms with van der Waals surface area (Å²) in [6, 6.07) is 34.2. The number of hydrogen-bond acceptors (Lipinski definition) is 4. The van der Waals surface area contributed by atoms with Gasteiger partial charge in [0, 0.05) is 0 Å². The lowest BCUT2D eigenvalue weighted by atomic mass is 9.85. The van der Waals surface area contributed by atoms with E-state index in [4.69, 9.17) is 20.0 Å². The van der Waals surface area contributed by atoms with E-state index < -0.39 is 0 Å². The predicted molar refractivity (Wildman–Crippen MR) is 229 cm³/mol. The first-order valence-corrected chi connectivity index (χ1v) is 19.4. The molecule has 7 heteroatoms. The Morgan fingerprint density at radius 3 is 1.18 bits per heavy atom. The van der Waals surface area contributed by atoms with Crippen LogP contribution < -0.4 is 0 Å². The molecule has 0 amide bonds. The Morgan fingerprint density at radius 1 is 0.364 bits per heavy atom. The molecule has 265 valence electrons. The number of benzene rings is 6. The molecule has 0 aromatic heterocycles. The van der Waals surface area contributed by atoms with Gasteiger partial charge in [-0.05, 0) is 102 Å². The fraction of sp³-hybridized carbons (Fsp3) is 0.250. The maximum Gasteiger partial charge on any atom is 0.607 e. The van der Waals surface area contributed by atoms with Crippen LogP contribution in [0.15, 0.2) is 111 Å². The van der Waals surface area contributed by atoms with Crippen molar-refractivity contribution in [1.82, 2.24) is 0 Å². The Labute approximate surface area is 322 Å². The van der Waals surface area contributed by atoms with Crippen LogP contribution in [0, 0.1) is 0 Å². The van der Waals surface area contributed by atoms with Crippen LogP contribution in [0.5, 0.6) is 0 Å². The first kappa shape index (κ1) is 32.6. The normalized spacial score (nSPS) is 16.9. The summed E-state index contributed by atoms with van der Waals surface area (Å²) >= 11 is 0. The number of hydrogen-bond donors (Lipinski definition) is 0. The number of rotatable bonds is 0. The van der Waals surface area contributed by atoms with Crippen molar-refractivity contribution in [2.24, 2.45) is 20.0 Å². The van der Waals surface area contributed by atoms with Crippen LogP contribution in [-0.4, -0.2) is 51.5 Å². The van der Waals surface area contributed by atoms with Crippen molar-refractivity contribution in [2.75, 3.05) is 0 Å². The van der Waals surface area contributed by atoms with Crippen molar-refractivity contribution in [1.29, 1.82) is 0 Å². The topological polar surface area (TPSA) is 55.5 Å². The van der Waals surface area contributed by atoms with E-state index in [9.17, 15) is 0 Å². The maximum absolute atomic E-state index is 5.53. The molecule has 55 heavy (non-hydrogen) atoms. The van der Waals surface area contributed by atoms with E-state index in [0.29, 0.717) is 11.7 Å². The van der Waals surface area contributed by atoms with Gasteiger partial charge in [0.15, 0.2) is 0 Å². The minimum Gasteiger partial charge on any atom is -0.248 e. The zero-order chi connectivity index (χ0) is 37.9. The molecule has 11 rings (SSSR count). The highest BCUT2D eigenvalue weighted by Gasteiger charge is 2.48. The number of aliphatic imine (C=N–C) groups is 4. The van der Waals surface area contributed by atoms with Crippen LogP contribution in [0.1, 0.15) is 112 Å². The molecule has 5 aliphatic rings. The number of amidine groups is 6. The lowest BCUT2D eigenvalue weighted by molar-refractivity contribution is -0.378. The van der Waals surface area contributed by atoms with Crippen molar-refractivity contribution in [2.45, 2.75) is 78.6 Å². The van der Waals surface area contributed by atoms with E-state index in [1.54, 1.807) is 0 Å². The van der Waals surface area contributed by atoms with Gasteiger partial charge in [-0.15, -0.1) is 0 Å². The van der Waals surface area contributed by atoms with E-state index >= 15 is 0 Å². The van der Waals surface area contributed by atoms with Crippen LogP contribution >= 0.6 is 0 Å². The fourth-order valence-corrected chi connectivity index (χ4v) is 8.61. The lowest BCUT2D eigenvalue weighted by Gasteiger charge is -2.19. The molecule has 6 aromatic carbocycles. The first-order chi connectivity index (χ1) is 26.1. The SMILES string of the molecule is CC(C)(C)c1ccc2cc3c(cc2c1)C1=NC2=[N+]4[B][N+]5=C(N=C4c4cc6cc(C(C)(C)C)ccc6cc42)c2cc4ccc(C(C)(C)C)cc4cc2C5=NC3=N1.